The van der Waals surface area contributed by atoms with Crippen molar-refractivity contribution in [1.82, 2.24) is 10.3 Å². The molecule has 0 bridgehead atoms. The number of nitrogens with one attached hydrogen (secondary N) is 1. The lowest BCUT2D eigenvalue weighted by Crippen LogP contribution is -2.17. The standard InChI is InChI=1S/C15H20ClN3/c1-9-6-11(16)7-12-14(9)18-10(2)13(8-17-3)15(12)19(4)5/h6-7,17H,8H2,1-5H3. The van der Waals surface area contributed by atoms with Crippen LogP contribution in [0.3, 0.4) is 0 Å². The fourth-order valence-electron chi connectivity index (χ4n) is 2.53. The highest BCUT2D eigenvalue weighted by Gasteiger charge is 2.15. The van der Waals surface area contributed by atoms with Crippen molar-refractivity contribution in [1.29, 1.82) is 0 Å². The number of halogens is 1. The molecule has 1 aromatic heterocycles. The maximum Gasteiger partial charge on any atom is 0.0756 e. The Morgan fingerprint density at radius 2 is 1.95 bits per heavy atom. The van der Waals surface area contributed by atoms with Gasteiger partial charge in [0.15, 0.2) is 0 Å². The molecule has 4 heteroatoms. The number of hydrogen-bond donors (Lipinski definition) is 1. The summed E-state index contributed by atoms with van der Waals surface area (Å²) in [4.78, 5) is 6.89. The third kappa shape index (κ3) is 2.53. The summed E-state index contributed by atoms with van der Waals surface area (Å²) in [6.07, 6.45) is 0. The summed E-state index contributed by atoms with van der Waals surface area (Å²) in [5.41, 5.74) is 5.63. The minimum absolute atomic E-state index is 0.758. The van der Waals surface area contributed by atoms with Gasteiger partial charge in [-0.25, -0.2) is 0 Å². The Morgan fingerprint density at radius 3 is 2.53 bits per heavy atom. The van der Waals surface area contributed by atoms with Gasteiger partial charge in [-0.3, -0.25) is 4.98 Å². The van der Waals surface area contributed by atoms with Gasteiger partial charge in [-0.15, -0.1) is 0 Å². The predicted octanol–water partition coefficient (Wildman–Crippen LogP) is 3.29. The van der Waals surface area contributed by atoms with E-state index in [-0.39, 0.29) is 0 Å². The van der Waals surface area contributed by atoms with Gasteiger partial charge in [-0.1, -0.05) is 11.6 Å². The average Bonchev–Trinajstić information content (AvgIpc) is 2.31. The number of rotatable bonds is 3. The minimum atomic E-state index is 0.758. The summed E-state index contributed by atoms with van der Waals surface area (Å²) in [7, 11) is 6.07. The zero-order valence-electron chi connectivity index (χ0n) is 12.1. The summed E-state index contributed by atoms with van der Waals surface area (Å²) in [5, 5.41) is 5.09. The van der Waals surface area contributed by atoms with Crippen LogP contribution in [0, 0.1) is 13.8 Å². The molecule has 0 spiro atoms. The molecule has 0 aliphatic heterocycles. The topological polar surface area (TPSA) is 28.2 Å². The number of hydrogen-bond acceptors (Lipinski definition) is 3. The van der Waals surface area contributed by atoms with Crippen molar-refractivity contribution in [2.45, 2.75) is 20.4 Å². The molecule has 19 heavy (non-hydrogen) atoms. The Balaban J connectivity index is 2.89. The SMILES string of the molecule is CNCc1c(C)nc2c(C)cc(Cl)cc2c1N(C)C. The molecule has 0 atom stereocenters. The maximum atomic E-state index is 6.21. The molecule has 0 fully saturated rings. The van der Waals surface area contributed by atoms with E-state index in [2.05, 4.69) is 38.2 Å². The predicted molar refractivity (Wildman–Crippen MR) is 83.3 cm³/mol. The first-order valence-electron chi connectivity index (χ1n) is 6.37. The number of aryl methyl sites for hydroxylation is 2. The Hall–Kier alpha value is -1.32. The van der Waals surface area contributed by atoms with Gasteiger partial charge in [-0.05, 0) is 38.6 Å². The molecular weight excluding hydrogens is 258 g/mol. The molecule has 3 nitrogen and oxygen atoms in total. The summed E-state index contributed by atoms with van der Waals surface area (Å²) >= 11 is 6.21. The Kier molecular flexibility index (Phi) is 3.97. The number of aromatic nitrogens is 1. The number of fused-ring (bicyclic) bond motifs is 1. The Morgan fingerprint density at radius 1 is 1.26 bits per heavy atom. The van der Waals surface area contributed by atoms with Gasteiger partial charge < -0.3 is 10.2 Å². The second-order valence-corrected chi connectivity index (χ2v) is 5.50. The van der Waals surface area contributed by atoms with Crippen LogP contribution in [-0.2, 0) is 6.54 Å². The van der Waals surface area contributed by atoms with Gasteiger partial charge in [0.2, 0.25) is 0 Å². The molecule has 1 aromatic carbocycles. The van der Waals surface area contributed by atoms with Crippen LogP contribution in [0.25, 0.3) is 10.9 Å². The second-order valence-electron chi connectivity index (χ2n) is 5.07. The van der Waals surface area contributed by atoms with Crippen LogP contribution in [0.5, 0.6) is 0 Å². The molecule has 0 unspecified atom stereocenters. The van der Waals surface area contributed by atoms with Crippen LogP contribution in [0.15, 0.2) is 12.1 Å². The largest absolute Gasteiger partial charge is 0.377 e. The first kappa shape index (κ1) is 14.1. The normalized spacial score (nSPS) is 11.1. The third-order valence-corrected chi connectivity index (χ3v) is 3.54. The van der Waals surface area contributed by atoms with E-state index >= 15 is 0 Å². The molecule has 0 amide bonds. The number of pyridine rings is 1. The molecule has 0 aliphatic rings. The maximum absolute atomic E-state index is 6.21. The van der Waals surface area contributed by atoms with Crippen molar-refractivity contribution in [3.05, 3.63) is 34.0 Å². The lowest BCUT2D eigenvalue weighted by Gasteiger charge is -2.22. The number of benzene rings is 1. The van der Waals surface area contributed by atoms with Crippen LogP contribution in [0.2, 0.25) is 5.02 Å². The quantitative estimate of drug-likeness (QED) is 0.933. The van der Waals surface area contributed by atoms with Crippen molar-refractivity contribution in [3.8, 4) is 0 Å². The highest BCUT2D eigenvalue weighted by Crippen LogP contribution is 2.34. The summed E-state index contributed by atoms with van der Waals surface area (Å²) in [5.74, 6) is 0. The molecule has 0 radical (unpaired) electrons. The van der Waals surface area contributed by atoms with E-state index in [1.807, 2.05) is 19.2 Å². The van der Waals surface area contributed by atoms with E-state index in [0.29, 0.717) is 0 Å². The van der Waals surface area contributed by atoms with Gasteiger partial charge in [0.1, 0.15) is 0 Å². The zero-order valence-corrected chi connectivity index (χ0v) is 12.9. The van der Waals surface area contributed by atoms with E-state index in [0.717, 1.165) is 33.7 Å². The monoisotopic (exact) mass is 277 g/mol. The highest BCUT2D eigenvalue weighted by molar-refractivity contribution is 6.31. The van der Waals surface area contributed by atoms with Gasteiger partial charge in [0.05, 0.1) is 11.2 Å². The van der Waals surface area contributed by atoms with Crippen molar-refractivity contribution >= 4 is 28.2 Å². The van der Waals surface area contributed by atoms with Crippen LogP contribution < -0.4 is 10.2 Å². The van der Waals surface area contributed by atoms with Gasteiger partial charge in [0, 0.05) is 42.3 Å². The number of anilines is 1. The lowest BCUT2D eigenvalue weighted by atomic mass is 10.0. The van der Waals surface area contributed by atoms with Gasteiger partial charge in [-0.2, -0.15) is 0 Å². The molecule has 2 aromatic rings. The first-order valence-corrected chi connectivity index (χ1v) is 6.74. The molecule has 0 saturated heterocycles. The molecule has 102 valence electrons. The van der Waals surface area contributed by atoms with E-state index in [9.17, 15) is 0 Å². The van der Waals surface area contributed by atoms with Crippen LogP contribution in [-0.4, -0.2) is 26.1 Å². The molecule has 0 aliphatic carbocycles. The lowest BCUT2D eigenvalue weighted by molar-refractivity contribution is 0.804. The minimum Gasteiger partial charge on any atom is -0.377 e. The van der Waals surface area contributed by atoms with E-state index in [1.165, 1.54) is 11.3 Å². The number of nitrogens with zero attached hydrogens (tertiary/aromatic N) is 2. The fraction of sp³-hybridized carbons (Fsp3) is 0.400. The second kappa shape index (κ2) is 5.35. The highest BCUT2D eigenvalue weighted by atomic mass is 35.5. The van der Waals surface area contributed by atoms with Crippen LogP contribution >= 0.6 is 11.6 Å². The molecule has 2 rings (SSSR count). The summed E-state index contributed by atoms with van der Waals surface area (Å²) < 4.78 is 0. The van der Waals surface area contributed by atoms with Crippen molar-refractivity contribution in [3.63, 3.8) is 0 Å². The third-order valence-electron chi connectivity index (χ3n) is 3.32. The van der Waals surface area contributed by atoms with Gasteiger partial charge in [0.25, 0.3) is 0 Å². The Labute approximate surface area is 119 Å². The van der Waals surface area contributed by atoms with E-state index in [1.54, 1.807) is 0 Å². The van der Waals surface area contributed by atoms with E-state index < -0.39 is 0 Å². The molecule has 1 N–H and O–H groups in total. The van der Waals surface area contributed by atoms with Crippen LogP contribution in [0.4, 0.5) is 5.69 Å². The molecule has 0 saturated carbocycles. The van der Waals surface area contributed by atoms with Gasteiger partial charge >= 0.3 is 0 Å². The van der Waals surface area contributed by atoms with Crippen molar-refractivity contribution < 1.29 is 0 Å². The summed E-state index contributed by atoms with van der Waals surface area (Å²) in [6, 6.07) is 3.97. The smallest absolute Gasteiger partial charge is 0.0756 e. The summed E-state index contributed by atoms with van der Waals surface area (Å²) in [6.45, 7) is 4.92. The average molecular weight is 278 g/mol. The molecular formula is C15H20ClN3. The van der Waals surface area contributed by atoms with Crippen molar-refractivity contribution in [2.24, 2.45) is 0 Å². The fourth-order valence-corrected chi connectivity index (χ4v) is 2.81. The first-order chi connectivity index (χ1) is 8.95. The Bertz CT molecular complexity index is 621. The zero-order chi connectivity index (χ0) is 14.2. The van der Waals surface area contributed by atoms with Crippen molar-refractivity contribution in [2.75, 3.05) is 26.0 Å². The van der Waals surface area contributed by atoms with Crippen LogP contribution in [0.1, 0.15) is 16.8 Å². The molecule has 1 heterocycles. The van der Waals surface area contributed by atoms with E-state index in [4.69, 9.17) is 16.6 Å².